The van der Waals surface area contributed by atoms with Gasteiger partial charge in [0.1, 0.15) is 18.8 Å². The monoisotopic (exact) mass is 713 g/mol. The minimum atomic E-state index is -4.73. The van der Waals surface area contributed by atoms with E-state index in [-0.39, 0.29) is 17.4 Å². The van der Waals surface area contributed by atoms with Gasteiger partial charge in [-0.05, 0) is 56.9 Å². The second-order valence-corrected chi connectivity index (χ2v) is 17.0. The first-order chi connectivity index (χ1) is 23.7. The van der Waals surface area contributed by atoms with Crippen LogP contribution in [-0.2, 0) is 26.0 Å². The summed E-state index contributed by atoms with van der Waals surface area (Å²) in [4.78, 5) is 18.5. The van der Waals surface area contributed by atoms with Crippen molar-refractivity contribution in [3.05, 3.63) is 65.2 Å². The molecular weight excluding hydrogens is 655 g/mol. The summed E-state index contributed by atoms with van der Waals surface area (Å²) in [6.07, 6.45) is 8.70. The first-order valence-corrected chi connectivity index (χ1v) is 19.8. The summed E-state index contributed by atoms with van der Waals surface area (Å²) < 4.78 is 28.9. The van der Waals surface area contributed by atoms with Crippen LogP contribution in [0.15, 0.2) is 48.5 Å². The molecule has 3 atom stereocenters. The molecule has 0 radical (unpaired) electrons. The molecule has 6 rings (SSSR count). The lowest BCUT2D eigenvalue weighted by Gasteiger charge is -2.56. The number of methoxy groups -OCH3 is 1. The average Bonchev–Trinajstić information content (AvgIpc) is 3.06. The molecule has 10 nitrogen and oxygen atoms in total. The molecule has 11 heteroatoms. The SMILES string of the molecule is COC1(C#CC(O)(c2ccccc2)C2CCCCCCC2)C[N+]2(Cc3cc(C(O)CNC(C)(C)C)ccc3OCOP(=O)(O)O)CCC1CC2. The molecule has 4 aliphatic rings. The van der Waals surface area contributed by atoms with E-state index in [0.29, 0.717) is 29.9 Å². The van der Waals surface area contributed by atoms with Crippen molar-refractivity contribution < 1.29 is 43.0 Å². The van der Waals surface area contributed by atoms with E-state index >= 15 is 0 Å². The van der Waals surface area contributed by atoms with Gasteiger partial charge in [-0.25, -0.2) is 9.09 Å². The van der Waals surface area contributed by atoms with Crippen molar-refractivity contribution in [1.82, 2.24) is 5.32 Å². The van der Waals surface area contributed by atoms with Crippen molar-refractivity contribution in [2.45, 2.75) is 108 Å². The molecule has 2 bridgehead atoms. The van der Waals surface area contributed by atoms with Crippen LogP contribution in [0.3, 0.4) is 0 Å². The first-order valence-electron chi connectivity index (χ1n) is 18.3. The first kappa shape index (κ1) is 38.9. The molecule has 3 saturated heterocycles. The zero-order valence-electron chi connectivity index (χ0n) is 30.3. The van der Waals surface area contributed by atoms with Crippen LogP contribution in [0.5, 0.6) is 5.75 Å². The minimum Gasteiger partial charge on any atom is -0.466 e. The van der Waals surface area contributed by atoms with Crippen LogP contribution in [0.1, 0.15) is 101 Å². The number of ether oxygens (including phenoxy) is 2. The van der Waals surface area contributed by atoms with Crippen LogP contribution in [0.25, 0.3) is 0 Å². The molecule has 3 unspecified atom stereocenters. The Labute approximate surface area is 298 Å². The molecule has 4 fully saturated rings. The number of phosphoric ester groups is 1. The smallest absolute Gasteiger partial charge is 0.466 e. The number of nitrogens with one attached hydrogen (secondary N) is 1. The lowest BCUT2D eigenvalue weighted by Crippen LogP contribution is -2.68. The molecule has 0 aromatic heterocycles. The normalized spacial score (nSPS) is 26.6. The maximum absolute atomic E-state index is 12.5. The number of aliphatic hydroxyl groups excluding tert-OH is 1. The summed E-state index contributed by atoms with van der Waals surface area (Å²) in [5.74, 6) is 7.78. The van der Waals surface area contributed by atoms with Gasteiger partial charge < -0.3 is 39.3 Å². The number of aliphatic hydroxyl groups is 2. The number of β-amino-alcohol motifs (C(OH)–C–C–N with tert-alkyl or cyclic N) is 1. The van der Waals surface area contributed by atoms with Crippen molar-refractivity contribution in [1.29, 1.82) is 0 Å². The Kier molecular flexibility index (Phi) is 12.6. The van der Waals surface area contributed by atoms with Gasteiger partial charge >= 0.3 is 7.82 Å². The second kappa shape index (κ2) is 16.2. The number of hydrogen-bond donors (Lipinski definition) is 5. The molecule has 2 aromatic carbocycles. The topological polar surface area (TPSA) is 138 Å². The van der Waals surface area contributed by atoms with E-state index < -0.39 is 31.9 Å². The molecule has 0 spiro atoms. The van der Waals surface area contributed by atoms with Gasteiger partial charge in [-0.15, -0.1) is 0 Å². The summed E-state index contributed by atoms with van der Waals surface area (Å²) in [5.41, 5.74) is 0.141. The van der Waals surface area contributed by atoms with Gasteiger partial charge in [0, 0.05) is 49.4 Å². The van der Waals surface area contributed by atoms with Gasteiger partial charge in [0.25, 0.3) is 0 Å². The quantitative estimate of drug-likeness (QED) is 0.0785. The van der Waals surface area contributed by atoms with Gasteiger partial charge in [0.2, 0.25) is 0 Å². The van der Waals surface area contributed by atoms with Crippen molar-refractivity contribution in [3.63, 3.8) is 0 Å². The van der Waals surface area contributed by atoms with Crippen molar-refractivity contribution in [2.75, 3.05) is 40.1 Å². The third-order valence-corrected chi connectivity index (χ3v) is 11.6. The van der Waals surface area contributed by atoms with Crippen LogP contribution < -0.4 is 10.1 Å². The van der Waals surface area contributed by atoms with Gasteiger partial charge in [-0.2, -0.15) is 0 Å². The minimum absolute atomic E-state index is 0.0350. The molecule has 3 aliphatic heterocycles. The van der Waals surface area contributed by atoms with Gasteiger partial charge in [-0.3, -0.25) is 0 Å². The van der Waals surface area contributed by atoms with Crippen LogP contribution in [0.4, 0.5) is 0 Å². The highest BCUT2D eigenvalue weighted by molar-refractivity contribution is 7.46. The number of hydrogen-bond acceptors (Lipinski definition) is 7. The Bertz CT molecular complexity index is 1520. The molecule has 5 N–H and O–H groups in total. The largest absolute Gasteiger partial charge is 0.472 e. The van der Waals surface area contributed by atoms with Crippen molar-refractivity contribution in [3.8, 4) is 17.6 Å². The number of benzene rings is 2. The number of piperidine rings is 3. The maximum Gasteiger partial charge on any atom is 0.472 e. The fourth-order valence-corrected chi connectivity index (χ4v) is 8.48. The average molecular weight is 714 g/mol. The fraction of sp³-hybridized carbons (Fsp3) is 0.641. The highest BCUT2D eigenvalue weighted by atomic mass is 31.2. The molecule has 276 valence electrons. The zero-order valence-corrected chi connectivity index (χ0v) is 31.2. The lowest BCUT2D eigenvalue weighted by atomic mass is 9.71. The Morgan fingerprint density at radius 3 is 2.28 bits per heavy atom. The third kappa shape index (κ3) is 9.77. The molecule has 3 heterocycles. The second-order valence-electron chi connectivity index (χ2n) is 15.8. The number of rotatable bonds is 12. The number of quaternary nitrogens is 1. The van der Waals surface area contributed by atoms with E-state index in [1.807, 2.05) is 57.2 Å². The Morgan fingerprint density at radius 2 is 1.66 bits per heavy atom. The summed E-state index contributed by atoms with van der Waals surface area (Å²) >= 11 is 0. The van der Waals surface area contributed by atoms with E-state index in [2.05, 4.69) is 21.7 Å². The Morgan fingerprint density at radius 1 is 1.00 bits per heavy atom. The summed E-state index contributed by atoms with van der Waals surface area (Å²) in [6, 6.07) is 15.3. The van der Waals surface area contributed by atoms with Crippen LogP contribution in [0.2, 0.25) is 0 Å². The third-order valence-electron chi connectivity index (χ3n) is 11.1. The molecule has 0 amide bonds. The van der Waals surface area contributed by atoms with Gasteiger partial charge in [0.15, 0.2) is 18.0 Å². The van der Waals surface area contributed by atoms with E-state index in [4.69, 9.17) is 9.47 Å². The standard InChI is InChI=1S/C39H57N2O8P/c1-37(2,3)40-26-35(42)30-17-18-36(48-29-49-50(44,45)46)31(25-30)27-41-23-19-32(20-24-41)38(28-41,47-4)21-22-39(43,34-15-11-8-12-16-34)33-13-9-6-5-7-10-14-33/h8,11-12,15-18,25,32-33,35,40,42-43H,5-7,9-10,13-14,19-20,23-24,26-29H2,1-4H3,(H-,44,45,46)/p+1. The van der Waals surface area contributed by atoms with Crippen LogP contribution in [0, 0.1) is 23.7 Å². The summed E-state index contributed by atoms with van der Waals surface area (Å²) in [6.45, 7) is 8.85. The number of fused-ring (bicyclic) bond motifs is 3. The summed E-state index contributed by atoms with van der Waals surface area (Å²) in [5, 5.41) is 27.0. The van der Waals surface area contributed by atoms with Crippen molar-refractivity contribution >= 4 is 7.82 Å². The number of phosphoric acid groups is 1. The molecule has 1 saturated carbocycles. The van der Waals surface area contributed by atoms with Gasteiger partial charge in [0.05, 0.1) is 19.2 Å². The molecule has 50 heavy (non-hydrogen) atoms. The van der Waals surface area contributed by atoms with Crippen molar-refractivity contribution in [2.24, 2.45) is 11.8 Å². The zero-order chi connectivity index (χ0) is 36.0. The predicted molar refractivity (Wildman–Crippen MR) is 193 cm³/mol. The Hall–Kier alpha value is -2.29. The van der Waals surface area contributed by atoms with Crippen LogP contribution >= 0.6 is 7.82 Å². The lowest BCUT2D eigenvalue weighted by molar-refractivity contribution is -0.961. The van der Waals surface area contributed by atoms with E-state index in [1.165, 1.54) is 19.3 Å². The van der Waals surface area contributed by atoms with E-state index in [1.54, 1.807) is 19.2 Å². The molecule has 2 aromatic rings. The Balaban J connectivity index is 1.47. The molecular formula is C39H58N2O8P+. The van der Waals surface area contributed by atoms with E-state index in [9.17, 15) is 24.6 Å². The summed E-state index contributed by atoms with van der Waals surface area (Å²) in [7, 11) is -2.99. The fourth-order valence-electron chi connectivity index (χ4n) is 8.29. The van der Waals surface area contributed by atoms with Gasteiger partial charge in [-0.1, -0.05) is 80.3 Å². The maximum atomic E-state index is 12.5. The number of nitrogens with zero attached hydrogens (tertiary/aromatic N) is 1. The predicted octanol–water partition coefficient (Wildman–Crippen LogP) is 5.93. The van der Waals surface area contributed by atoms with Crippen LogP contribution in [-0.4, -0.2) is 75.7 Å². The van der Waals surface area contributed by atoms with E-state index in [0.717, 1.165) is 68.3 Å². The highest BCUT2D eigenvalue weighted by Gasteiger charge is 2.56. The highest BCUT2D eigenvalue weighted by Crippen LogP contribution is 2.45. The molecule has 1 aliphatic carbocycles.